The van der Waals surface area contributed by atoms with Crippen molar-refractivity contribution in [3.8, 4) is 5.69 Å². The van der Waals surface area contributed by atoms with E-state index >= 15 is 0 Å². The molecule has 0 saturated carbocycles. The summed E-state index contributed by atoms with van der Waals surface area (Å²) in [5, 5.41) is 6.91. The van der Waals surface area contributed by atoms with E-state index in [4.69, 9.17) is 4.74 Å². The Morgan fingerprint density at radius 1 is 1.35 bits per heavy atom. The maximum absolute atomic E-state index is 12.8. The smallest absolute Gasteiger partial charge is 0.271 e. The molecule has 0 aliphatic rings. The average molecular weight is 277 g/mol. The van der Waals surface area contributed by atoms with E-state index in [1.807, 2.05) is 0 Å². The molecule has 2 aromatic rings. The number of aromatic nitrogens is 2. The molecule has 0 radical (unpaired) electrons. The molecule has 5 nitrogen and oxygen atoms in total. The van der Waals surface area contributed by atoms with E-state index in [1.165, 1.54) is 16.8 Å². The highest BCUT2D eigenvalue weighted by atomic mass is 19.1. The van der Waals surface area contributed by atoms with E-state index < -0.39 is 0 Å². The van der Waals surface area contributed by atoms with Crippen LogP contribution in [0.2, 0.25) is 0 Å². The van der Waals surface area contributed by atoms with Gasteiger partial charge in [0.1, 0.15) is 5.82 Å². The third-order valence-corrected chi connectivity index (χ3v) is 2.72. The van der Waals surface area contributed by atoms with Crippen LogP contribution in [0.25, 0.3) is 5.69 Å². The normalized spacial score (nSPS) is 10.5. The predicted octanol–water partition coefficient (Wildman–Crippen LogP) is 1.78. The van der Waals surface area contributed by atoms with Crippen molar-refractivity contribution < 1.29 is 13.9 Å². The molecular formula is C14H16FN3O2. The maximum atomic E-state index is 12.8. The lowest BCUT2D eigenvalue weighted by Crippen LogP contribution is -2.25. The van der Waals surface area contributed by atoms with Crippen molar-refractivity contribution in [3.05, 3.63) is 48.0 Å². The monoisotopic (exact) mass is 277 g/mol. The molecule has 2 rings (SSSR count). The van der Waals surface area contributed by atoms with Crippen molar-refractivity contribution >= 4 is 5.91 Å². The Morgan fingerprint density at radius 3 is 2.80 bits per heavy atom. The summed E-state index contributed by atoms with van der Waals surface area (Å²) in [6, 6.07) is 7.52. The molecule has 0 fully saturated rings. The number of carbonyl (C=O) groups is 1. The molecule has 0 aliphatic heterocycles. The first kappa shape index (κ1) is 14.2. The molecule has 1 amide bonds. The van der Waals surface area contributed by atoms with Gasteiger partial charge in [-0.3, -0.25) is 4.79 Å². The number of halogens is 1. The van der Waals surface area contributed by atoms with E-state index in [0.717, 1.165) is 6.42 Å². The number of methoxy groups -OCH3 is 1. The fourth-order valence-corrected chi connectivity index (χ4v) is 1.69. The summed E-state index contributed by atoms with van der Waals surface area (Å²) in [5.74, 6) is -0.543. The van der Waals surface area contributed by atoms with Gasteiger partial charge in [-0.1, -0.05) is 0 Å². The molecule has 106 valence electrons. The highest BCUT2D eigenvalue weighted by Crippen LogP contribution is 2.08. The number of benzene rings is 1. The van der Waals surface area contributed by atoms with Crippen molar-refractivity contribution in [2.45, 2.75) is 6.42 Å². The van der Waals surface area contributed by atoms with Gasteiger partial charge >= 0.3 is 0 Å². The molecule has 1 N–H and O–H groups in total. The van der Waals surface area contributed by atoms with Crippen molar-refractivity contribution in [1.82, 2.24) is 15.1 Å². The molecule has 1 aromatic carbocycles. The van der Waals surface area contributed by atoms with E-state index in [0.29, 0.717) is 24.5 Å². The second-order valence-electron chi connectivity index (χ2n) is 4.22. The molecule has 0 unspecified atom stereocenters. The van der Waals surface area contributed by atoms with E-state index in [-0.39, 0.29) is 11.7 Å². The van der Waals surface area contributed by atoms with Gasteiger partial charge in [-0.15, -0.1) is 0 Å². The molecule has 0 bridgehead atoms. The Balaban J connectivity index is 1.98. The molecular weight excluding hydrogens is 261 g/mol. The molecule has 0 aliphatic carbocycles. The summed E-state index contributed by atoms with van der Waals surface area (Å²) in [5.41, 5.74) is 1.02. The Kier molecular flexibility index (Phi) is 4.84. The zero-order valence-electron chi connectivity index (χ0n) is 11.2. The minimum atomic E-state index is -0.308. The van der Waals surface area contributed by atoms with Crippen LogP contribution in [-0.2, 0) is 4.74 Å². The van der Waals surface area contributed by atoms with Crippen LogP contribution in [0, 0.1) is 5.82 Å². The van der Waals surface area contributed by atoms with Gasteiger partial charge < -0.3 is 10.1 Å². The van der Waals surface area contributed by atoms with Gasteiger partial charge in [-0.05, 0) is 36.8 Å². The minimum Gasteiger partial charge on any atom is -0.385 e. The summed E-state index contributed by atoms with van der Waals surface area (Å²) >= 11 is 0. The molecule has 1 aromatic heterocycles. The van der Waals surface area contributed by atoms with Crippen LogP contribution < -0.4 is 5.32 Å². The quantitative estimate of drug-likeness (QED) is 0.819. The number of hydrogen-bond acceptors (Lipinski definition) is 3. The fraction of sp³-hybridized carbons (Fsp3) is 0.286. The van der Waals surface area contributed by atoms with Crippen LogP contribution >= 0.6 is 0 Å². The van der Waals surface area contributed by atoms with Crippen LogP contribution in [0.15, 0.2) is 36.5 Å². The molecule has 0 spiro atoms. The van der Waals surface area contributed by atoms with Crippen molar-refractivity contribution in [1.29, 1.82) is 0 Å². The van der Waals surface area contributed by atoms with Gasteiger partial charge in [-0.25, -0.2) is 9.07 Å². The lowest BCUT2D eigenvalue weighted by molar-refractivity contribution is 0.0943. The number of amides is 1. The number of ether oxygens (including phenoxy) is 1. The maximum Gasteiger partial charge on any atom is 0.271 e. The zero-order chi connectivity index (χ0) is 14.4. The topological polar surface area (TPSA) is 56.1 Å². The minimum absolute atomic E-state index is 0.234. The van der Waals surface area contributed by atoms with E-state index in [2.05, 4.69) is 10.4 Å². The van der Waals surface area contributed by atoms with Gasteiger partial charge in [0.15, 0.2) is 5.69 Å². The summed E-state index contributed by atoms with van der Waals surface area (Å²) in [4.78, 5) is 11.8. The van der Waals surface area contributed by atoms with Gasteiger partial charge in [0.05, 0.1) is 5.69 Å². The van der Waals surface area contributed by atoms with Crippen molar-refractivity contribution in [2.24, 2.45) is 0 Å². The van der Waals surface area contributed by atoms with Gasteiger partial charge in [0.25, 0.3) is 5.91 Å². The second-order valence-corrected chi connectivity index (χ2v) is 4.22. The third kappa shape index (κ3) is 3.64. The standard InChI is InChI=1S/C14H16FN3O2/c1-20-10-2-8-16-14(19)13-7-9-18(17-13)12-5-3-11(15)4-6-12/h3-7,9H,2,8,10H2,1H3,(H,16,19). The van der Waals surface area contributed by atoms with Crippen LogP contribution in [0.5, 0.6) is 0 Å². The fourth-order valence-electron chi connectivity index (χ4n) is 1.69. The molecule has 0 saturated heterocycles. The number of carbonyl (C=O) groups excluding carboxylic acids is 1. The Bertz CT molecular complexity index is 566. The largest absolute Gasteiger partial charge is 0.385 e. The summed E-state index contributed by atoms with van der Waals surface area (Å²) < 4.78 is 19.3. The van der Waals surface area contributed by atoms with Gasteiger partial charge in [-0.2, -0.15) is 5.10 Å². The molecule has 20 heavy (non-hydrogen) atoms. The number of rotatable bonds is 6. The van der Waals surface area contributed by atoms with Gasteiger partial charge in [0, 0.05) is 26.5 Å². The zero-order valence-corrected chi connectivity index (χ0v) is 11.2. The highest BCUT2D eigenvalue weighted by molar-refractivity contribution is 5.92. The lowest BCUT2D eigenvalue weighted by Gasteiger charge is -2.03. The first-order valence-electron chi connectivity index (χ1n) is 6.29. The average Bonchev–Trinajstić information content (AvgIpc) is 2.94. The number of hydrogen-bond donors (Lipinski definition) is 1. The summed E-state index contributed by atoms with van der Waals surface area (Å²) in [7, 11) is 1.62. The second kappa shape index (κ2) is 6.81. The van der Waals surface area contributed by atoms with Gasteiger partial charge in [0.2, 0.25) is 0 Å². The van der Waals surface area contributed by atoms with Crippen LogP contribution in [0.1, 0.15) is 16.9 Å². The molecule has 6 heteroatoms. The Labute approximate surface area is 116 Å². The number of nitrogens with one attached hydrogen (secondary N) is 1. The lowest BCUT2D eigenvalue weighted by atomic mass is 10.3. The SMILES string of the molecule is COCCCNC(=O)c1ccn(-c2ccc(F)cc2)n1. The number of nitrogens with zero attached hydrogens (tertiary/aromatic N) is 2. The highest BCUT2D eigenvalue weighted by Gasteiger charge is 2.09. The summed E-state index contributed by atoms with van der Waals surface area (Å²) in [6.45, 7) is 1.14. The first-order chi connectivity index (χ1) is 9.70. The predicted molar refractivity (Wildman–Crippen MR) is 72.3 cm³/mol. The summed E-state index contributed by atoms with van der Waals surface area (Å²) in [6.07, 6.45) is 2.41. The van der Waals surface area contributed by atoms with Crippen molar-refractivity contribution in [3.63, 3.8) is 0 Å². The Hall–Kier alpha value is -2.21. The van der Waals surface area contributed by atoms with E-state index in [1.54, 1.807) is 31.5 Å². The first-order valence-corrected chi connectivity index (χ1v) is 6.29. The van der Waals surface area contributed by atoms with E-state index in [9.17, 15) is 9.18 Å². The molecule has 0 atom stereocenters. The van der Waals surface area contributed by atoms with Crippen LogP contribution in [-0.4, -0.2) is 35.9 Å². The van der Waals surface area contributed by atoms with Crippen molar-refractivity contribution in [2.75, 3.05) is 20.3 Å². The Morgan fingerprint density at radius 2 is 2.10 bits per heavy atom. The molecule has 1 heterocycles. The third-order valence-electron chi connectivity index (χ3n) is 2.72. The van der Waals surface area contributed by atoms with Crippen LogP contribution in [0.4, 0.5) is 4.39 Å². The van der Waals surface area contributed by atoms with Crippen LogP contribution in [0.3, 0.4) is 0 Å².